The molecule has 1 rings (SSSR count). The number of amides is 3. The molecule has 8 heteroatoms. The Morgan fingerprint density at radius 3 is 1.88 bits per heavy atom. The molecule has 3 amide bonds. The van der Waals surface area contributed by atoms with Gasteiger partial charge in [0.2, 0.25) is 0 Å². The summed E-state index contributed by atoms with van der Waals surface area (Å²) in [6, 6.07) is 8.59. The van der Waals surface area contributed by atoms with Crippen LogP contribution in [0.15, 0.2) is 30.3 Å². The molecular weight excluding hydrogens is 450 g/mol. The van der Waals surface area contributed by atoms with Crippen LogP contribution in [0, 0.1) is 11.8 Å². The summed E-state index contributed by atoms with van der Waals surface area (Å²) in [4.78, 5) is 38.5. The van der Waals surface area contributed by atoms with E-state index in [2.05, 4.69) is 19.2 Å². The van der Waals surface area contributed by atoms with Crippen LogP contribution in [-0.2, 0) is 16.0 Å². The number of thioether (sulfide) groups is 1. The Kier molecular flexibility index (Phi) is 21.6. The van der Waals surface area contributed by atoms with Gasteiger partial charge in [0.25, 0.3) is 5.24 Å². The fraction of sp³-hybridized carbons (Fsp3) is 0.654. The van der Waals surface area contributed by atoms with E-state index in [0.717, 1.165) is 17.9 Å². The van der Waals surface area contributed by atoms with E-state index in [0.29, 0.717) is 24.8 Å². The van der Waals surface area contributed by atoms with Gasteiger partial charge in [-0.25, -0.2) is 9.59 Å². The fourth-order valence-corrected chi connectivity index (χ4v) is 3.47. The molecule has 1 unspecified atom stereocenters. The van der Waals surface area contributed by atoms with Crippen LogP contribution >= 0.6 is 11.8 Å². The first-order chi connectivity index (χ1) is 15.0. The number of ether oxygens (including phenoxy) is 1. The minimum atomic E-state index is -0.681. The molecule has 0 saturated heterocycles. The largest absolute Gasteiger partial charge is 0.467 e. The standard InChI is InChI=1S/C16H24N2O3.C8H17NOS.2CH4/c1-12(2)11-18(3)16(20)17-14(15(19)21-4)10-13-8-6-5-7-9-13;1-5-11-8(10)9(4)6-7(2)3;;/h5-9,12,14H,10-11H2,1-4H3,(H,17,20);7H,5-6H2,1-4H3;2*1H4. The first kappa shape index (κ1) is 36.4. The maximum atomic E-state index is 12.1. The van der Waals surface area contributed by atoms with Crippen LogP contribution in [0.25, 0.3) is 0 Å². The van der Waals surface area contributed by atoms with Gasteiger partial charge in [-0.15, -0.1) is 0 Å². The highest BCUT2D eigenvalue weighted by Crippen LogP contribution is 2.08. The maximum absolute atomic E-state index is 12.1. The minimum Gasteiger partial charge on any atom is -0.467 e. The third-order valence-electron chi connectivity index (χ3n) is 4.27. The number of urea groups is 1. The third-order valence-corrected chi connectivity index (χ3v) is 5.12. The molecule has 1 aromatic rings. The lowest BCUT2D eigenvalue weighted by Crippen LogP contribution is -2.48. The van der Waals surface area contributed by atoms with Gasteiger partial charge in [0.1, 0.15) is 6.04 Å². The van der Waals surface area contributed by atoms with E-state index in [9.17, 15) is 14.4 Å². The average molecular weight is 500 g/mol. The zero-order chi connectivity index (χ0) is 24.7. The summed E-state index contributed by atoms with van der Waals surface area (Å²) in [5.74, 6) is 1.35. The lowest BCUT2D eigenvalue weighted by Gasteiger charge is -2.23. The van der Waals surface area contributed by atoms with Crippen molar-refractivity contribution in [3.63, 3.8) is 0 Å². The van der Waals surface area contributed by atoms with Crippen molar-refractivity contribution in [3.8, 4) is 0 Å². The fourth-order valence-electron chi connectivity index (χ4n) is 2.93. The second-order valence-corrected chi connectivity index (χ2v) is 9.68. The van der Waals surface area contributed by atoms with Crippen LogP contribution < -0.4 is 5.32 Å². The number of methoxy groups -OCH3 is 1. The van der Waals surface area contributed by atoms with Crippen molar-refractivity contribution < 1.29 is 19.1 Å². The van der Waals surface area contributed by atoms with Crippen molar-refractivity contribution in [2.75, 3.05) is 40.0 Å². The van der Waals surface area contributed by atoms with Crippen molar-refractivity contribution in [2.24, 2.45) is 11.8 Å². The summed E-state index contributed by atoms with van der Waals surface area (Å²) >= 11 is 1.37. The lowest BCUT2D eigenvalue weighted by molar-refractivity contribution is -0.142. The van der Waals surface area contributed by atoms with Crippen LogP contribution in [0.5, 0.6) is 0 Å². The van der Waals surface area contributed by atoms with Gasteiger partial charge in [0, 0.05) is 33.6 Å². The Labute approximate surface area is 213 Å². The van der Waals surface area contributed by atoms with E-state index in [-0.39, 0.29) is 26.1 Å². The van der Waals surface area contributed by atoms with E-state index in [1.165, 1.54) is 18.9 Å². The number of hydrogen-bond acceptors (Lipinski definition) is 5. The van der Waals surface area contributed by atoms with E-state index in [4.69, 9.17) is 4.74 Å². The van der Waals surface area contributed by atoms with Crippen LogP contribution in [0.4, 0.5) is 9.59 Å². The maximum Gasteiger partial charge on any atom is 0.328 e. The van der Waals surface area contributed by atoms with Crippen LogP contribution in [0.1, 0.15) is 55.0 Å². The van der Waals surface area contributed by atoms with Gasteiger partial charge in [-0.2, -0.15) is 0 Å². The number of hydrogen-bond donors (Lipinski definition) is 1. The molecule has 7 nitrogen and oxygen atoms in total. The topological polar surface area (TPSA) is 79.0 Å². The molecule has 0 radical (unpaired) electrons. The highest BCUT2D eigenvalue weighted by Gasteiger charge is 2.23. The van der Waals surface area contributed by atoms with Crippen molar-refractivity contribution in [1.82, 2.24) is 15.1 Å². The summed E-state index contributed by atoms with van der Waals surface area (Å²) in [6.07, 6.45) is 0.411. The monoisotopic (exact) mass is 499 g/mol. The molecule has 0 aliphatic carbocycles. The Hall–Kier alpha value is -2.22. The molecule has 0 aromatic heterocycles. The van der Waals surface area contributed by atoms with Crippen LogP contribution in [0.2, 0.25) is 0 Å². The van der Waals surface area contributed by atoms with Crippen molar-refractivity contribution in [1.29, 1.82) is 0 Å². The van der Waals surface area contributed by atoms with Gasteiger partial charge in [-0.05, 0) is 23.2 Å². The van der Waals surface area contributed by atoms with Crippen LogP contribution in [-0.4, -0.2) is 73.1 Å². The van der Waals surface area contributed by atoms with Gasteiger partial charge in [0.15, 0.2) is 0 Å². The first-order valence-electron chi connectivity index (χ1n) is 11.0. The van der Waals surface area contributed by atoms with Crippen molar-refractivity contribution in [3.05, 3.63) is 35.9 Å². The predicted octanol–water partition coefficient (Wildman–Crippen LogP) is 5.79. The highest BCUT2D eigenvalue weighted by atomic mass is 32.2. The van der Waals surface area contributed by atoms with Gasteiger partial charge in [0.05, 0.1) is 7.11 Å². The summed E-state index contributed by atoms with van der Waals surface area (Å²) in [5, 5.41) is 2.92. The molecule has 0 fully saturated rings. The van der Waals surface area contributed by atoms with Gasteiger partial charge in [-0.3, -0.25) is 4.79 Å². The summed E-state index contributed by atoms with van der Waals surface area (Å²) in [6.45, 7) is 11.8. The second-order valence-electron chi connectivity index (χ2n) is 8.46. The van der Waals surface area contributed by atoms with Gasteiger partial charge < -0.3 is 19.9 Å². The normalized spacial score (nSPS) is 10.6. The Morgan fingerprint density at radius 2 is 1.44 bits per heavy atom. The van der Waals surface area contributed by atoms with Crippen molar-refractivity contribution >= 4 is 29.0 Å². The number of carbonyl (C=O) groups is 3. The first-order valence-corrected chi connectivity index (χ1v) is 12.0. The summed E-state index contributed by atoms with van der Waals surface area (Å²) in [7, 11) is 4.89. The van der Waals surface area contributed by atoms with E-state index >= 15 is 0 Å². The lowest BCUT2D eigenvalue weighted by atomic mass is 10.1. The molecule has 34 heavy (non-hydrogen) atoms. The number of esters is 1. The number of nitrogens with zero attached hydrogens (tertiary/aromatic N) is 2. The Morgan fingerprint density at radius 1 is 0.941 bits per heavy atom. The average Bonchev–Trinajstić information content (AvgIpc) is 2.73. The molecule has 0 aliphatic heterocycles. The van der Waals surface area contributed by atoms with Crippen LogP contribution in [0.3, 0.4) is 0 Å². The molecule has 1 aromatic carbocycles. The van der Waals surface area contributed by atoms with Crippen molar-refractivity contribution in [2.45, 2.75) is 61.9 Å². The molecule has 1 N–H and O–H groups in total. The zero-order valence-electron chi connectivity index (χ0n) is 20.9. The molecule has 0 bridgehead atoms. The predicted molar refractivity (Wildman–Crippen MR) is 146 cm³/mol. The highest BCUT2D eigenvalue weighted by molar-refractivity contribution is 8.13. The molecular formula is C26H49N3O4S. The molecule has 0 aliphatic rings. The smallest absolute Gasteiger partial charge is 0.328 e. The molecule has 0 saturated carbocycles. The second kappa shape index (κ2) is 20.2. The number of nitrogens with one attached hydrogen (secondary N) is 1. The van der Waals surface area contributed by atoms with Gasteiger partial charge >= 0.3 is 12.0 Å². The van der Waals surface area contributed by atoms with Gasteiger partial charge in [-0.1, -0.05) is 91.6 Å². The summed E-state index contributed by atoms with van der Waals surface area (Å²) in [5.41, 5.74) is 0.972. The Bertz CT molecular complexity index is 684. The minimum absolute atomic E-state index is 0. The zero-order valence-corrected chi connectivity index (χ0v) is 21.7. The molecule has 198 valence electrons. The van der Waals surface area contributed by atoms with E-state index in [1.807, 2.05) is 58.2 Å². The number of benzene rings is 1. The SMILES string of the molecule is C.C.CCSC(=O)N(C)CC(C)C.COC(=O)C(Cc1ccccc1)NC(=O)N(C)CC(C)C. The molecule has 0 spiro atoms. The summed E-state index contributed by atoms with van der Waals surface area (Å²) < 4.78 is 4.77. The van der Waals surface area contributed by atoms with E-state index in [1.54, 1.807) is 16.8 Å². The van der Waals surface area contributed by atoms with E-state index < -0.39 is 12.0 Å². The Balaban J connectivity index is -0.000000636. The number of rotatable bonds is 9. The third kappa shape index (κ3) is 16.4. The molecule has 0 heterocycles. The quantitative estimate of drug-likeness (QED) is 0.435. The number of carbonyl (C=O) groups excluding carboxylic acids is 3. The molecule has 1 atom stereocenters.